The molecule has 0 saturated carbocycles. The van der Waals surface area contributed by atoms with Crippen LogP contribution >= 0.6 is 23.5 Å². The van der Waals surface area contributed by atoms with Crippen molar-refractivity contribution in [3.8, 4) is 11.5 Å². The van der Waals surface area contributed by atoms with Crippen molar-refractivity contribution < 1.29 is 13.2 Å². The first-order valence-electron chi connectivity index (χ1n) is 14.1. The minimum Gasteiger partial charge on any atom is -0.454 e. The van der Waals surface area contributed by atoms with Crippen molar-refractivity contribution in [1.82, 2.24) is 0 Å². The van der Waals surface area contributed by atoms with Crippen molar-refractivity contribution in [3.63, 3.8) is 0 Å². The van der Waals surface area contributed by atoms with Crippen LogP contribution in [0.3, 0.4) is 0 Å². The van der Waals surface area contributed by atoms with Crippen LogP contribution in [0.1, 0.15) is 0 Å². The van der Waals surface area contributed by atoms with E-state index in [0.29, 0.717) is 11.5 Å². The third-order valence-electron chi connectivity index (χ3n) is 8.03. The van der Waals surface area contributed by atoms with E-state index in [1.807, 2.05) is 72.8 Å². The van der Waals surface area contributed by atoms with Gasteiger partial charge in [-0.15, -0.1) is 0 Å². The average Bonchev–Trinajstić information content (AvgIpc) is 3.05. The second-order valence-electron chi connectivity index (χ2n) is 10.6. The van der Waals surface area contributed by atoms with Gasteiger partial charge in [0.15, 0.2) is 0 Å². The van der Waals surface area contributed by atoms with Gasteiger partial charge in [-0.2, -0.15) is 0 Å². The predicted molar refractivity (Wildman–Crippen MR) is 176 cm³/mol. The summed E-state index contributed by atoms with van der Waals surface area (Å²) in [6.07, 6.45) is 0. The molecule has 9 rings (SSSR count). The molecule has 44 heavy (non-hydrogen) atoms. The molecule has 212 valence electrons. The molecular formula is C36H22N2O3S3. The van der Waals surface area contributed by atoms with Crippen molar-refractivity contribution in [2.24, 2.45) is 0 Å². The van der Waals surface area contributed by atoms with Gasteiger partial charge in [0.05, 0.1) is 34.1 Å². The van der Waals surface area contributed by atoms with E-state index < -0.39 is 9.84 Å². The van der Waals surface area contributed by atoms with Crippen LogP contribution in [0.5, 0.6) is 11.5 Å². The zero-order chi connectivity index (χ0) is 29.4. The molecule has 6 aromatic rings. The number of sulfone groups is 1. The number of hydrogen-bond donors (Lipinski definition) is 0. The molecule has 0 aliphatic carbocycles. The summed E-state index contributed by atoms with van der Waals surface area (Å²) in [7, 11) is -3.81. The number of ether oxygens (including phenoxy) is 1. The lowest BCUT2D eigenvalue weighted by atomic mass is 10.1. The molecule has 0 fully saturated rings. The van der Waals surface area contributed by atoms with Gasteiger partial charge in [-0.05, 0) is 72.8 Å². The Balaban J connectivity index is 1.17. The van der Waals surface area contributed by atoms with Gasteiger partial charge in [-0.25, -0.2) is 8.42 Å². The van der Waals surface area contributed by atoms with E-state index in [9.17, 15) is 8.42 Å². The maximum atomic E-state index is 14.0. The zero-order valence-corrected chi connectivity index (χ0v) is 25.5. The Morgan fingerprint density at radius 1 is 0.455 bits per heavy atom. The van der Waals surface area contributed by atoms with Gasteiger partial charge in [-0.3, -0.25) is 0 Å². The first kappa shape index (κ1) is 25.8. The Kier molecular flexibility index (Phi) is 5.69. The maximum absolute atomic E-state index is 14.0. The molecule has 3 aliphatic heterocycles. The van der Waals surface area contributed by atoms with Crippen LogP contribution in [0, 0.1) is 0 Å². The van der Waals surface area contributed by atoms with Gasteiger partial charge in [0.1, 0.15) is 21.3 Å². The number of anilines is 6. The minimum absolute atomic E-state index is 0.166. The van der Waals surface area contributed by atoms with Crippen LogP contribution in [0.15, 0.2) is 163 Å². The highest BCUT2D eigenvalue weighted by molar-refractivity contribution is 8.00. The lowest BCUT2D eigenvalue weighted by Gasteiger charge is -2.34. The molecule has 0 radical (unpaired) electrons. The van der Waals surface area contributed by atoms with E-state index in [1.54, 1.807) is 35.7 Å². The van der Waals surface area contributed by atoms with Crippen LogP contribution in [0.25, 0.3) is 0 Å². The summed E-state index contributed by atoms with van der Waals surface area (Å²) in [5.41, 5.74) is 5.82. The third-order valence-corrected chi connectivity index (χ3v) is 12.1. The Morgan fingerprint density at radius 3 is 1.16 bits per heavy atom. The fraction of sp³-hybridized carbons (Fsp3) is 0. The monoisotopic (exact) mass is 626 g/mol. The molecule has 0 N–H and O–H groups in total. The van der Waals surface area contributed by atoms with E-state index in [1.165, 1.54) is 0 Å². The zero-order valence-electron chi connectivity index (χ0n) is 23.0. The molecule has 0 bridgehead atoms. The Morgan fingerprint density at radius 2 is 0.795 bits per heavy atom. The molecule has 3 heterocycles. The highest BCUT2D eigenvalue weighted by Crippen LogP contribution is 2.55. The summed E-state index contributed by atoms with van der Waals surface area (Å²) in [6.45, 7) is 0. The molecule has 0 spiro atoms. The van der Waals surface area contributed by atoms with E-state index in [0.717, 1.165) is 53.7 Å². The summed E-state index contributed by atoms with van der Waals surface area (Å²) in [5, 5.41) is 0. The van der Waals surface area contributed by atoms with E-state index in [2.05, 4.69) is 58.3 Å². The third kappa shape index (κ3) is 3.85. The highest BCUT2D eigenvalue weighted by atomic mass is 32.2. The largest absolute Gasteiger partial charge is 0.454 e. The molecule has 0 aromatic heterocycles. The molecule has 0 unspecified atom stereocenters. The average molecular weight is 627 g/mol. The molecule has 5 nitrogen and oxygen atoms in total. The minimum atomic E-state index is -3.81. The number of rotatable bonds is 2. The standard InChI is InChI=1S/C36H22N2O3S3/c39-44(40)35-19-17-23(37-25-9-1-5-13-31(25)42-32-14-6-2-10-26(32)37)21-29(35)41-30-22-24(18-20-36(30)44)38-27-11-3-7-15-33(27)43-34-16-8-4-12-28(34)38/h1-22H. The van der Waals surface area contributed by atoms with E-state index >= 15 is 0 Å². The number of fused-ring (bicyclic) bond motifs is 6. The van der Waals surface area contributed by atoms with Crippen LogP contribution < -0.4 is 14.5 Å². The Hall–Kier alpha value is -4.63. The second kappa shape index (κ2) is 9.69. The lowest BCUT2D eigenvalue weighted by molar-refractivity contribution is 0.443. The first-order chi connectivity index (χ1) is 21.6. The Labute approximate surface area is 263 Å². The lowest BCUT2D eigenvalue weighted by Crippen LogP contribution is -2.17. The molecule has 3 aliphatic rings. The second-order valence-corrected chi connectivity index (χ2v) is 14.7. The number of nitrogens with zero attached hydrogens (tertiary/aromatic N) is 2. The van der Waals surface area contributed by atoms with Gasteiger partial charge in [0, 0.05) is 31.7 Å². The van der Waals surface area contributed by atoms with Crippen molar-refractivity contribution in [2.45, 2.75) is 29.4 Å². The van der Waals surface area contributed by atoms with Gasteiger partial charge < -0.3 is 14.5 Å². The molecule has 0 saturated heterocycles. The smallest absolute Gasteiger partial charge is 0.213 e. The fourth-order valence-electron chi connectivity index (χ4n) is 6.08. The van der Waals surface area contributed by atoms with Gasteiger partial charge in [0.25, 0.3) is 0 Å². The van der Waals surface area contributed by atoms with E-state index in [4.69, 9.17) is 4.74 Å². The summed E-state index contributed by atoms with van der Waals surface area (Å²) in [5.74, 6) is 0.630. The van der Waals surface area contributed by atoms with Gasteiger partial charge in [0.2, 0.25) is 9.84 Å². The van der Waals surface area contributed by atoms with Crippen molar-refractivity contribution in [2.75, 3.05) is 9.80 Å². The van der Waals surface area contributed by atoms with Crippen LogP contribution in [0.2, 0.25) is 0 Å². The molecule has 6 aromatic carbocycles. The first-order valence-corrected chi connectivity index (χ1v) is 17.2. The fourth-order valence-corrected chi connectivity index (χ4v) is 9.66. The SMILES string of the molecule is O=S1(=O)c2ccc(N3c4ccccc4Sc4ccccc43)cc2Oc2cc(N3c4ccccc4Sc4ccccc43)ccc21. The number of hydrogen-bond acceptors (Lipinski definition) is 7. The quantitative estimate of drug-likeness (QED) is 0.189. The maximum Gasteiger partial charge on any atom is 0.213 e. The molecule has 0 amide bonds. The summed E-state index contributed by atoms with van der Waals surface area (Å²) in [6, 6.07) is 43.7. The van der Waals surface area contributed by atoms with Crippen LogP contribution in [0.4, 0.5) is 34.1 Å². The summed E-state index contributed by atoms with van der Waals surface area (Å²) < 4.78 is 34.4. The van der Waals surface area contributed by atoms with Crippen LogP contribution in [-0.2, 0) is 9.84 Å². The van der Waals surface area contributed by atoms with Crippen molar-refractivity contribution in [1.29, 1.82) is 0 Å². The number of para-hydroxylation sites is 4. The molecule has 0 atom stereocenters. The van der Waals surface area contributed by atoms with Crippen molar-refractivity contribution >= 4 is 67.5 Å². The van der Waals surface area contributed by atoms with E-state index in [-0.39, 0.29) is 9.79 Å². The highest BCUT2D eigenvalue weighted by Gasteiger charge is 2.34. The summed E-state index contributed by atoms with van der Waals surface area (Å²) in [4.78, 5) is 9.20. The summed E-state index contributed by atoms with van der Waals surface area (Å²) >= 11 is 3.46. The molecule has 8 heteroatoms. The van der Waals surface area contributed by atoms with Gasteiger partial charge >= 0.3 is 0 Å². The number of benzene rings is 6. The normalized spacial score (nSPS) is 15.1. The van der Waals surface area contributed by atoms with Gasteiger partial charge in [-0.1, -0.05) is 72.1 Å². The Bertz CT molecular complexity index is 2020. The predicted octanol–water partition coefficient (Wildman–Crippen LogP) is 10.5. The van der Waals surface area contributed by atoms with Crippen LogP contribution in [-0.4, -0.2) is 8.42 Å². The van der Waals surface area contributed by atoms with Crippen molar-refractivity contribution in [3.05, 3.63) is 133 Å². The molecular weight excluding hydrogens is 605 g/mol. The topological polar surface area (TPSA) is 49.9 Å².